The first kappa shape index (κ1) is 17.8. The van der Waals surface area contributed by atoms with Crippen LogP contribution >= 0.6 is 11.8 Å². The Morgan fingerprint density at radius 3 is 2.75 bits per heavy atom. The summed E-state index contributed by atoms with van der Waals surface area (Å²) < 4.78 is 38.7. The van der Waals surface area contributed by atoms with Crippen molar-refractivity contribution in [2.24, 2.45) is 5.10 Å². The van der Waals surface area contributed by atoms with Crippen LogP contribution in [0.25, 0.3) is 0 Å². The standard InChI is InChI=1S/C16H13F3N4S/c1-3-8-24-15-21-13(16(17,18)19)9-14(22-15)23-20-10-12-7-5-4-6-11(12)2/h1,4-7,9-10H,8H2,2H3,(H,21,22,23). The molecule has 0 spiro atoms. The average molecular weight is 350 g/mol. The number of benzene rings is 1. The Morgan fingerprint density at radius 1 is 1.33 bits per heavy atom. The summed E-state index contributed by atoms with van der Waals surface area (Å²) in [5.41, 5.74) is 3.29. The zero-order chi connectivity index (χ0) is 17.6. The lowest BCUT2D eigenvalue weighted by molar-refractivity contribution is -0.141. The molecule has 8 heteroatoms. The van der Waals surface area contributed by atoms with Gasteiger partial charge in [0.2, 0.25) is 0 Å². The Morgan fingerprint density at radius 2 is 2.08 bits per heavy atom. The molecule has 0 saturated carbocycles. The van der Waals surface area contributed by atoms with Gasteiger partial charge in [0.1, 0.15) is 0 Å². The first-order chi connectivity index (χ1) is 11.4. The van der Waals surface area contributed by atoms with Crippen molar-refractivity contribution in [1.29, 1.82) is 0 Å². The van der Waals surface area contributed by atoms with Gasteiger partial charge in [-0.1, -0.05) is 41.9 Å². The minimum Gasteiger partial charge on any atom is -0.261 e. The van der Waals surface area contributed by atoms with E-state index in [0.717, 1.165) is 29.0 Å². The van der Waals surface area contributed by atoms with Gasteiger partial charge in [-0.15, -0.1) is 6.42 Å². The SMILES string of the molecule is C#CCSc1nc(NN=Cc2ccccc2C)cc(C(F)(F)F)n1. The quantitative estimate of drug-likeness (QED) is 0.291. The molecule has 1 aromatic heterocycles. The van der Waals surface area contributed by atoms with Crippen molar-refractivity contribution in [2.45, 2.75) is 18.3 Å². The van der Waals surface area contributed by atoms with E-state index in [9.17, 15) is 13.2 Å². The molecule has 0 radical (unpaired) electrons. The van der Waals surface area contributed by atoms with Gasteiger partial charge in [-0.3, -0.25) is 5.43 Å². The summed E-state index contributed by atoms with van der Waals surface area (Å²) in [6.45, 7) is 1.91. The van der Waals surface area contributed by atoms with Gasteiger partial charge in [-0.25, -0.2) is 9.97 Å². The molecule has 0 atom stereocenters. The van der Waals surface area contributed by atoms with Crippen LogP contribution < -0.4 is 5.43 Å². The minimum atomic E-state index is -4.58. The number of terminal acetylenes is 1. The average Bonchev–Trinajstić information content (AvgIpc) is 2.54. The van der Waals surface area contributed by atoms with Crippen LogP contribution in [0.2, 0.25) is 0 Å². The molecule has 2 aromatic rings. The van der Waals surface area contributed by atoms with Crippen LogP contribution in [0.5, 0.6) is 0 Å². The van der Waals surface area contributed by atoms with Gasteiger partial charge in [0.05, 0.1) is 12.0 Å². The van der Waals surface area contributed by atoms with Gasteiger partial charge in [0.15, 0.2) is 16.7 Å². The zero-order valence-corrected chi connectivity index (χ0v) is 13.4. The molecular formula is C16H13F3N4S. The first-order valence-electron chi connectivity index (χ1n) is 6.77. The summed E-state index contributed by atoms with van der Waals surface area (Å²) in [6.07, 6.45) is 2.04. The first-order valence-corrected chi connectivity index (χ1v) is 7.76. The molecule has 0 fully saturated rings. The number of nitrogens with one attached hydrogen (secondary N) is 1. The van der Waals surface area contributed by atoms with Crippen molar-refractivity contribution in [3.63, 3.8) is 0 Å². The Kier molecular flexibility index (Phi) is 5.82. The number of rotatable bonds is 5. The molecule has 0 saturated heterocycles. The normalized spacial score (nSPS) is 11.5. The lowest BCUT2D eigenvalue weighted by Crippen LogP contribution is -2.10. The third-order valence-corrected chi connectivity index (χ3v) is 3.60. The predicted octanol–water partition coefficient (Wildman–Crippen LogP) is 3.98. The van der Waals surface area contributed by atoms with E-state index < -0.39 is 11.9 Å². The zero-order valence-electron chi connectivity index (χ0n) is 12.6. The van der Waals surface area contributed by atoms with E-state index in [1.165, 1.54) is 6.21 Å². The van der Waals surface area contributed by atoms with Crippen molar-refractivity contribution in [3.05, 3.63) is 47.2 Å². The fourth-order valence-electron chi connectivity index (χ4n) is 1.70. The van der Waals surface area contributed by atoms with Crippen LogP contribution in [0, 0.1) is 19.3 Å². The highest BCUT2D eigenvalue weighted by atomic mass is 32.2. The van der Waals surface area contributed by atoms with Crippen LogP contribution in [0.1, 0.15) is 16.8 Å². The van der Waals surface area contributed by atoms with Crippen molar-refractivity contribution < 1.29 is 13.2 Å². The third kappa shape index (κ3) is 4.99. The predicted molar refractivity (Wildman–Crippen MR) is 89.0 cm³/mol. The lowest BCUT2D eigenvalue weighted by atomic mass is 10.1. The Labute approximate surface area is 141 Å². The van der Waals surface area contributed by atoms with Crippen molar-refractivity contribution in [2.75, 3.05) is 11.2 Å². The number of aromatic nitrogens is 2. The monoisotopic (exact) mass is 350 g/mol. The summed E-state index contributed by atoms with van der Waals surface area (Å²) in [4.78, 5) is 7.43. The molecule has 1 heterocycles. The highest BCUT2D eigenvalue weighted by Crippen LogP contribution is 2.30. The number of hydrogen-bond donors (Lipinski definition) is 1. The summed E-state index contributed by atoms with van der Waals surface area (Å²) in [6, 6.07) is 8.28. The van der Waals surface area contributed by atoms with Crippen LogP contribution in [-0.4, -0.2) is 21.9 Å². The fourth-order valence-corrected chi connectivity index (χ4v) is 2.24. The molecule has 24 heavy (non-hydrogen) atoms. The van der Waals surface area contributed by atoms with Gasteiger partial charge in [0, 0.05) is 6.07 Å². The number of aryl methyl sites for hydroxylation is 1. The molecule has 0 bridgehead atoms. The molecule has 4 nitrogen and oxygen atoms in total. The van der Waals surface area contributed by atoms with Gasteiger partial charge in [-0.05, 0) is 18.1 Å². The van der Waals surface area contributed by atoms with Crippen LogP contribution in [-0.2, 0) is 6.18 Å². The molecule has 0 unspecified atom stereocenters. The van der Waals surface area contributed by atoms with E-state index in [4.69, 9.17) is 6.42 Å². The maximum atomic E-state index is 12.9. The summed E-state index contributed by atoms with van der Waals surface area (Å²) in [7, 11) is 0. The molecule has 0 aliphatic carbocycles. The molecular weight excluding hydrogens is 337 g/mol. The largest absolute Gasteiger partial charge is 0.433 e. The Hall–Kier alpha value is -2.53. The van der Waals surface area contributed by atoms with Gasteiger partial charge in [0.25, 0.3) is 0 Å². The van der Waals surface area contributed by atoms with E-state index in [-0.39, 0.29) is 16.7 Å². The summed E-state index contributed by atoms with van der Waals surface area (Å²) in [5.74, 6) is 2.44. The minimum absolute atomic E-state index is 0.0540. The topological polar surface area (TPSA) is 50.2 Å². The fraction of sp³-hybridized carbons (Fsp3) is 0.188. The highest BCUT2D eigenvalue weighted by molar-refractivity contribution is 7.99. The second-order valence-corrected chi connectivity index (χ2v) is 5.58. The van der Waals surface area contributed by atoms with Gasteiger partial charge in [-0.2, -0.15) is 18.3 Å². The number of anilines is 1. The molecule has 1 aromatic carbocycles. The van der Waals surface area contributed by atoms with E-state index in [2.05, 4.69) is 26.4 Å². The number of alkyl halides is 3. The van der Waals surface area contributed by atoms with Crippen LogP contribution in [0.3, 0.4) is 0 Å². The van der Waals surface area contributed by atoms with Crippen molar-refractivity contribution in [3.8, 4) is 12.3 Å². The second-order valence-electron chi connectivity index (χ2n) is 4.64. The highest BCUT2D eigenvalue weighted by Gasteiger charge is 2.33. The molecule has 0 amide bonds. The lowest BCUT2D eigenvalue weighted by Gasteiger charge is -2.09. The Balaban J connectivity index is 2.22. The number of hydrazone groups is 1. The molecule has 124 valence electrons. The van der Waals surface area contributed by atoms with Crippen molar-refractivity contribution >= 4 is 23.8 Å². The van der Waals surface area contributed by atoms with Crippen LogP contribution in [0.15, 0.2) is 40.6 Å². The van der Waals surface area contributed by atoms with Gasteiger partial charge < -0.3 is 0 Å². The van der Waals surface area contributed by atoms with E-state index in [0.29, 0.717) is 0 Å². The van der Waals surface area contributed by atoms with E-state index >= 15 is 0 Å². The maximum Gasteiger partial charge on any atom is 0.433 e. The van der Waals surface area contributed by atoms with Crippen molar-refractivity contribution in [1.82, 2.24) is 9.97 Å². The number of nitrogens with zero attached hydrogens (tertiary/aromatic N) is 3. The number of hydrogen-bond acceptors (Lipinski definition) is 5. The smallest absolute Gasteiger partial charge is 0.261 e. The molecule has 1 N–H and O–H groups in total. The number of thioether (sulfide) groups is 1. The van der Waals surface area contributed by atoms with E-state index in [1.54, 1.807) is 0 Å². The van der Waals surface area contributed by atoms with Crippen LogP contribution in [0.4, 0.5) is 19.0 Å². The number of halogens is 3. The molecule has 0 aliphatic rings. The second kappa shape index (κ2) is 7.84. The molecule has 0 aliphatic heterocycles. The van der Waals surface area contributed by atoms with E-state index in [1.807, 2.05) is 31.2 Å². The maximum absolute atomic E-state index is 12.9. The van der Waals surface area contributed by atoms with Gasteiger partial charge >= 0.3 is 6.18 Å². The molecule has 2 rings (SSSR count). The summed E-state index contributed by atoms with van der Waals surface area (Å²) >= 11 is 0.947. The summed E-state index contributed by atoms with van der Waals surface area (Å²) in [5, 5.41) is 3.88. The Bertz CT molecular complexity index is 782. The third-order valence-electron chi connectivity index (χ3n) is 2.85.